The van der Waals surface area contributed by atoms with E-state index in [-0.39, 0.29) is 4.90 Å². The van der Waals surface area contributed by atoms with Gasteiger partial charge in [0.15, 0.2) is 0 Å². The molecule has 1 aromatic heterocycles. The fraction of sp³-hybridized carbons (Fsp3) is 0.333. The van der Waals surface area contributed by atoms with Crippen LogP contribution in [-0.2, 0) is 16.4 Å². The Hall–Kier alpha value is -2.84. The lowest BCUT2D eigenvalue weighted by molar-refractivity contribution is 0.383. The van der Waals surface area contributed by atoms with E-state index >= 15 is 0 Å². The molecule has 0 bridgehead atoms. The Balaban J connectivity index is 1.56. The molecule has 2 heterocycles. The van der Waals surface area contributed by atoms with Crippen LogP contribution in [0.15, 0.2) is 53.4 Å². The summed E-state index contributed by atoms with van der Waals surface area (Å²) in [6, 6.07) is 13.4. The minimum Gasteiger partial charge on any atom is -0.354 e. The average molecular weight is 455 g/mol. The summed E-state index contributed by atoms with van der Waals surface area (Å²) >= 11 is 0. The van der Waals surface area contributed by atoms with E-state index in [2.05, 4.69) is 35.0 Å². The lowest BCUT2D eigenvalue weighted by Crippen LogP contribution is -2.49. The van der Waals surface area contributed by atoms with Crippen LogP contribution in [0.3, 0.4) is 0 Å². The number of piperazine rings is 1. The molecule has 6 nitrogen and oxygen atoms in total. The molecule has 0 amide bonds. The largest absolute Gasteiger partial charge is 0.354 e. The van der Waals surface area contributed by atoms with Crippen molar-refractivity contribution in [2.24, 2.45) is 0 Å². The summed E-state index contributed by atoms with van der Waals surface area (Å²) in [5.74, 6) is 1.12. The Morgan fingerprint density at radius 1 is 0.938 bits per heavy atom. The third-order valence-electron chi connectivity index (χ3n) is 5.76. The average Bonchev–Trinajstić information content (AvgIpc) is 2.76. The van der Waals surface area contributed by atoms with Crippen LogP contribution in [0.5, 0.6) is 0 Å². The summed E-state index contributed by atoms with van der Waals surface area (Å²) in [4.78, 5) is 11.6. The number of benzene rings is 2. The molecule has 32 heavy (non-hydrogen) atoms. The van der Waals surface area contributed by atoms with Crippen molar-refractivity contribution >= 4 is 15.8 Å². The summed E-state index contributed by atoms with van der Waals surface area (Å²) in [6.07, 6.45) is 0.719. The van der Waals surface area contributed by atoms with Crippen LogP contribution in [0.1, 0.15) is 28.2 Å². The first-order valence-corrected chi connectivity index (χ1v) is 12.1. The van der Waals surface area contributed by atoms with Gasteiger partial charge in [-0.1, -0.05) is 29.8 Å². The molecule has 0 N–H and O–H groups in total. The Labute approximate surface area is 188 Å². The van der Waals surface area contributed by atoms with Crippen molar-refractivity contribution in [3.05, 3.63) is 82.6 Å². The third-order valence-corrected chi connectivity index (χ3v) is 7.67. The molecule has 3 aromatic rings. The molecule has 0 radical (unpaired) electrons. The molecule has 2 aromatic carbocycles. The zero-order chi connectivity index (χ0) is 22.9. The lowest BCUT2D eigenvalue weighted by Gasteiger charge is -2.36. The van der Waals surface area contributed by atoms with Gasteiger partial charge in [0.1, 0.15) is 17.5 Å². The first kappa shape index (κ1) is 22.4. The Morgan fingerprint density at radius 3 is 2.28 bits per heavy atom. The summed E-state index contributed by atoms with van der Waals surface area (Å²) < 4.78 is 40.6. The van der Waals surface area contributed by atoms with Crippen LogP contribution in [-0.4, -0.2) is 48.9 Å². The first-order valence-electron chi connectivity index (χ1n) is 10.6. The van der Waals surface area contributed by atoms with Gasteiger partial charge in [-0.25, -0.2) is 22.8 Å². The molecule has 0 saturated carbocycles. The predicted molar refractivity (Wildman–Crippen MR) is 123 cm³/mol. The van der Waals surface area contributed by atoms with Crippen LogP contribution in [0.2, 0.25) is 0 Å². The summed E-state index contributed by atoms with van der Waals surface area (Å²) in [6.45, 7) is 7.68. The second-order valence-electron chi connectivity index (χ2n) is 8.17. The van der Waals surface area contributed by atoms with E-state index in [1.54, 1.807) is 0 Å². The Bertz CT molecular complexity index is 1220. The van der Waals surface area contributed by atoms with E-state index in [0.29, 0.717) is 32.0 Å². The number of hydrogen-bond donors (Lipinski definition) is 0. The Morgan fingerprint density at radius 2 is 1.62 bits per heavy atom. The lowest BCUT2D eigenvalue weighted by atomic mass is 10.0. The minimum atomic E-state index is -3.66. The van der Waals surface area contributed by atoms with Gasteiger partial charge in [0.05, 0.1) is 4.90 Å². The molecule has 1 fully saturated rings. The maximum absolute atomic E-state index is 13.2. The van der Waals surface area contributed by atoms with Crippen molar-refractivity contribution in [1.82, 2.24) is 14.3 Å². The fourth-order valence-electron chi connectivity index (χ4n) is 4.11. The maximum atomic E-state index is 13.2. The van der Waals surface area contributed by atoms with Crippen molar-refractivity contribution in [3.63, 3.8) is 0 Å². The first-order chi connectivity index (χ1) is 15.2. The Kier molecular flexibility index (Phi) is 6.26. The molecule has 1 aliphatic heterocycles. The number of halogens is 1. The zero-order valence-electron chi connectivity index (χ0n) is 18.5. The van der Waals surface area contributed by atoms with Gasteiger partial charge in [-0.05, 0) is 50.6 Å². The van der Waals surface area contributed by atoms with Crippen molar-refractivity contribution < 1.29 is 12.8 Å². The van der Waals surface area contributed by atoms with E-state index in [1.165, 1.54) is 39.7 Å². The molecule has 1 saturated heterocycles. The van der Waals surface area contributed by atoms with E-state index in [4.69, 9.17) is 4.98 Å². The molecule has 0 atom stereocenters. The van der Waals surface area contributed by atoms with Gasteiger partial charge >= 0.3 is 0 Å². The SMILES string of the molecule is Cc1cccc(Cc2c(C)nc(C)nc2N2CCN(S(=O)(=O)c3ccc(F)cc3)CC2)c1. The van der Waals surface area contributed by atoms with Crippen molar-refractivity contribution in [3.8, 4) is 0 Å². The summed E-state index contributed by atoms with van der Waals surface area (Å²) in [5.41, 5.74) is 4.40. The number of aryl methyl sites for hydroxylation is 3. The quantitative estimate of drug-likeness (QED) is 0.589. The van der Waals surface area contributed by atoms with Crippen LogP contribution in [0.4, 0.5) is 10.2 Å². The molecule has 168 valence electrons. The number of hydrogen-bond acceptors (Lipinski definition) is 5. The highest BCUT2D eigenvalue weighted by Gasteiger charge is 2.30. The molecule has 1 aliphatic rings. The van der Waals surface area contributed by atoms with Crippen molar-refractivity contribution in [2.45, 2.75) is 32.1 Å². The predicted octanol–water partition coefficient (Wildman–Crippen LogP) is 3.64. The van der Waals surface area contributed by atoms with Gasteiger partial charge in [-0.15, -0.1) is 0 Å². The van der Waals surface area contributed by atoms with Crippen LogP contribution >= 0.6 is 0 Å². The highest BCUT2D eigenvalue weighted by Crippen LogP contribution is 2.27. The van der Waals surface area contributed by atoms with Crippen LogP contribution in [0, 0.1) is 26.6 Å². The maximum Gasteiger partial charge on any atom is 0.243 e. The molecule has 0 unspecified atom stereocenters. The molecular formula is C24H27FN4O2S. The van der Waals surface area contributed by atoms with Crippen molar-refractivity contribution in [2.75, 3.05) is 31.1 Å². The van der Waals surface area contributed by atoms with E-state index < -0.39 is 15.8 Å². The minimum absolute atomic E-state index is 0.112. The van der Waals surface area contributed by atoms with Crippen molar-refractivity contribution in [1.29, 1.82) is 0 Å². The fourth-order valence-corrected chi connectivity index (χ4v) is 5.53. The number of anilines is 1. The van der Waals surface area contributed by atoms with Gasteiger partial charge in [0.25, 0.3) is 0 Å². The van der Waals surface area contributed by atoms with Gasteiger partial charge in [-0.3, -0.25) is 0 Å². The number of nitrogens with zero attached hydrogens (tertiary/aromatic N) is 4. The number of aromatic nitrogens is 2. The zero-order valence-corrected chi connectivity index (χ0v) is 19.4. The van der Waals surface area contributed by atoms with Crippen LogP contribution in [0.25, 0.3) is 0 Å². The van der Waals surface area contributed by atoms with Crippen LogP contribution < -0.4 is 4.90 Å². The number of rotatable bonds is 5. The normalized spacial score (nSPS) is 15.2. The molecule has 0 aliphatic carbocycles. The summed E-state index contributed by atoms with van der Waals surface area (Å²) in [5, 5.41) is 0. The molecule has 8 heteroatoms. The molecule has 0 spiro atoms. The van der Waals surface area contributed by atoms with Gasteiger partial charge in [-0.2, -0.15) is 4.31 Å². The highest BCUT2D eigenvalue weighted by atomic mass is 32.2. The second-order valence-corrected chi connectivity index (χ2v) is 10.1. The van der Waals surface area contributed by atoms with E-state index in [1.807, 2.05) is 19.9 Å². The van der Waals surface area contributed by atoms with E-state index in [9.17, 15) is 12.8 Å². The third kappa shape index (κ3) is 4.66. The van der Waals surface area contributed by atoms with E-state index in [0.717, 1.165) is 23.5 Å². The summed E-state index contributed by atoms with van der Waals surface area (Å²) in [7, 11) is -3.66. The second kappa shape index (κ2) is 8.96. The number of sulfonamides is 1. The molecule has 4 rings (SSSR count). The van der Waals surface area contributed by atoms with Gasteiger partial charge < -0.3 is 4.90 Å². The topological polar surface area (TPSA) is 66.4 Å². The van der Waals surface area contributed by atoms with Gasteiger partial charge in [0, 0.05) is 43.9 Å². The monoisotopic (exact) mass is 454 g/mol. The molecular weight excluding hydrogens is 427 g/mol. The smallest absolute Gasteiger partial charge is 0.243 e. The van der Waals surface area contributed by atoms with Gasteiger partial charge in [0.2, 0.25) is 10.0 Å². The highest BCUT2D eigenvalue weighted by molar-refractivity contribution is 7.89. The standard InChI is InChI=1S/C24H27FN4O2S/c1-17-5-4-6-20(15-17)16-23-18(2)26-19(3)27-24(23)28-11-13-29(14-12-28)32(30,31)22-9-7-21(25)8-10-22/h4-10,15H,11-14,16H2,1-3H3.